The minimum atomic E-state index is 0.389. The van der Waals surface area contributed by atoms with Crippen molar-refractivity contribution in [3.05, 3.63) is 0 Å². The molecule has 10 aliphatic carbocycles. The first kappa shape index (κ1) is 84.6. The Bertz CT molecular complexity index is 1400. The highest BCUT2D eigenvalue weighted by Gasteiger charge is 2.26. The summed E-state index contributed by atoms with van der Waals surface area (Å²) in [5, 5.41) is 14.3. The second-order valence-electron chi connectivity index (χ2n) is 30.7. The molecule has 516 valence electrons. The maximum absolute atomic E-state index is 6.08. The average molecular weight is 1270 g/mol. The molecule has 10 saturated carbocycles. The van der Waals surface area contributed by atoms with Crippen molar-refractivity contribution >= 4 is 34.8 Å². The maximum Gasteiger partial charge on any atom is 0.0489 e. The highest BCUT2D eigenvalue weighted by atomic mass is 35.5. The van der Waals surface area contributed by atoms with Crippen molar-refractivity contribution in [1.29, 1.82) is 0 Å². The average Bonchev–Trinajstić information content (AvgIpc) is 4.49. The van der Waals surface area contributed by atoms with Crippen LogP contribution in [0.15, 0.2) is 0 Å². The monoisotopic (exact) mass is 1270 g/mol. The summed E-state index contributed by atoms with van der Waals surface area (Å²) < 4.78 is 0. The SMILES string of the molecule is CC1CCC(N(C)C)C1.CCC1CCC(C)CC1.CCC1CCCC(C)C1.CCC1CCCCC1C.CCC1CCCCC1Cl.CN(C)C1CCCCC1.CNC1CCC(C)C1.CNC1CCC(Cl)C1.CNC1CCCC1C.CNC1CCCC1Cl. The number of rotatable bonds is 10. The zero-order chi connectivity index (χ0) is 64.2. The summed E-state index contributed by atoms with van der Waals surface area (Å²) in [6, 6.07) is 4.67. The fourth-order valence-electron chi connectivity index (χ4n) is 16.0. The predicted molar refractivity (Wildman–Crippen MR) is 392 cm³/mol. The lowest BCUT2D eigenvalue weighted by Gasteiger charge is -2.27. The van der Waals surface area contributed by atoms with Gasteiger partial charge in [0.05, 0.1) is 0 Å². The minimum Gasteiger partial charge on any atom is -0.317 e. The normalized spacial score (nSPS) is 35.8. The standard InChI is InChI=1S/3C9H18.C8H15Cl.2C8H17N.2C7H15N.2C6H12ClN/c1-3-9-6-4-8(2)5-7-9;1-3-9-6-4-5-8(2)7-9;1-3-9-7-5-4-6-8(9)2;1-2-7-5-3-4-6-8(7)9;1-7-4-5-8(6-7)9(2)3;1-9(2)8-6-4-3-5-7-8;1-6-3-4-7(5-6)8-2;1-6-4-3-5-7(6)8-2;1-8-6-3-2-5(7)4-6;1-8-6-4-2-3-5(6)7/h3*8-9H,3-7H2,1-2H3;7-8H,2-6H2,1H3;7-8H,4-6H2,1-3H3;8H,3-7H2,1-2H3;2*6-8H,3-5H2,1-2H3;2*5-6,8H,2-4H2,1H3. The lowest BCUT2D eigenvalue weighted by Crippen LogP contribution is -2.29. The van der Waals surface area contributed by atoms with Crippen LogP contribution in [0.1, 0.15) is 326 Å². The Labute approximate surface area is 556 Å². The molecular formula is C77H157Cl3N6. The number of alkyl halides is 3. The molecule has 0 heterocycles. The van der Waals surface area contributed by atoms with Gasteiger partial charge in [0, 0.05) is 52.4 Å². The summed E-state index contributed by atoms with van der Waals surface area (Å²) in [5.41, 5.74) is 0. The van der Waals surface area contributed by atoms with E-state index in [1.165, 1.54) is 250 Å². The molecule has 10 aliphatic rings. The van der Waals surface area contributed by atoms with E-state index in [4.69, 9.17) is 34.8 Å². The molecule has 0 saturated heterocycles. The smallest absolute Gasteiger partial charge is 0.0489 e. The Morgan fingerprint density at radius 3 is 1.10 bits per heavy atom. The Kier molecular flexibility index (Phi) is 52.1. The molecule has 86 heavy (non-hydrogen) atoms. The maximum atomic E-state index is 6.08. The molecule has 0 amide bonds. The van der Waals surface area contributed by atoms with Crippen LogP contribution in [-0.2, 0) is 0 Å². The van der Waals surface area contributed by atoms with Gasteiger partial charge in [-0.1, -0.05) is 210 Å². The Morgan fingerprint density at radius 2 is 0.779 bits per heavy atom. The number of halogens is 3. The van der Waals surface area contributed by atoms with Crippen LogP contribution < -0.4 is 21.3 Å². The van der Waals surface area contributed by atoms with E-state index in [9.17, 15) is 0 Å². The van der Waals surface area contributed by atoms with Crippen LogP contribution in [0.5, 0.6) is 0 Å². The number of nitrogens with one attached hydrogen (secondary N) is 4. The Balaban J connectivity index is 0.000000478. The zero-order valence-electron chi connectivity index (χ0n) is 61.3. The third kappa shape index (κ3) is 40.0. The number of nitrogens with zero attached hydrogens (tertiary/aromatic N) is 2. The van der Waals surface area contributed by atoms with Crippen molar-refractivity contribution in [2.24, 2.45) is 59.2 Å². The van der Waals surface area contributed by atoms with E-state index in [1.54, 1.807) is 0 Å². The summed E-state index contributed by atoms with van der Waals surface area (Å²) in [4.78, 5) is 4.71. The second kappa shape index (κ2) is 52.9. The molecule has 0 aromatic rings. The van der Waals surface area contributed by atoms with Gasteiger partial charge in [-0.05, 0) is 231 Å². The van der Waals surface area contributed by atoms with Crippen LogP contribution in [0, 0.1) is 59.2 Å². The van der Waals surface area contributed by atoms with Gasteiger partial charge in [0.25, 0.3) is 0 Å². The molecule has 16 unspecified atom stereocenters. The quantitative estimate of drug-likeness (QED) is 0.164. The molecule has 10 rings (SSSR count). The van der Waals surface area contributed by atoms with Gasteiger partial charge in [-0.15, -0.1) is 34.8 Å². The Hall–Kier alpha value is 0.630. The van der Waals surface area contributed by atoms with E-state index < -0.39 is 0 Å². The third-order valence-electron chi connectivity index (χ3n) is 23.1. The first-order valence-electron chi connectivity index (χ1n) is 38.1. The third-order valence-corrected chi connectivity index (χ3v) is 24.6. The van der Waals surface area contributed by atoms with Crippen LogP contribution >= 0.6 is 34.8 Å². The molecule has 0 aliphatic heterocycles. The second-order valence-corrected chi connectivity index (χ2v) is 32.5. The van der Waals surface area contributed by atoms with Crippen molar-refractivity contribution < 1.29 is 0 Å². The lowest BCUT2D eigenvalue weighted by atomic mass is 9.79. The summed E-state index contributed by atoms with van der Waals surface area (Å²) >= 11 is 17.8. The van der Waals surface area contributed by atoms with Crippen LogP contribution in [-0.4, -0.2) is 119 Å². The van der Waals surface area contributed by atoms with E-state index >= 15 is 0 Å². The first-order valence-corrected chi connectivity index (χ1v) is 39.4. The summed E-state index contributed by atoms with van der Waals surface area (Å²) in [6.45, 7) is 23.4. The van der Waals surface area contributed by atoms with Crippen molar-refractivity contribution in [3.63, 3.8) is 0 Å². The summed E-state index contributed by atoms with van der Waals surface area (Å²) in [5.74, 6) is 9.92. The molecule has 6 nitrogen and oxygen atoms in total. The van der Waals surface area contributed by atoms with Crippen LogP contribution in [0.4, 0.5) is 0 Å². The van der Waals surface area contributed by atoms with Gasteiger partial charge in [-0.2, -0.15) is 0 Å². The van der Waals surface area contributed by atoms with E-state index in [0.29, 0.717) is 28.2 Å². The van der Waals surface area contributed by atoms with Crippen molar-refractivity contribution in [3.8, 4) is 0 Å². The summed E-state index contributed by atoms with van der Waals surface area (Å²) in [6.07, 6.45) is 56.0. The van der Waals surface area contributed by atoms with Crippen molar-refractivity contribution in [1.82, 2.24) is 31.1 Å². The van der Waals surface area contributed by atoms with Crippen LogP contribution in [0.2, 0.25) is 0 Å². The molecule has 10 fully saturated rings. The highest BCUT2D eigenvalue weighted by molar-refractivity contribution is 6.21. The fourth-order valence-corrected chi connectivity index (χ4v) is 17.2. The first-order chi connectivity index (χ1) is 41.2. The van der Waals surface area contributed by atoms with Gasteiger partial charge < -0.3 is 31.1 Å². The van der Waals surface area contributed by atoms with Crippen molar-refractivity contribution in [2.75, 3.05) is 56.4 Å². The largest absolute Gasteiger partial charge is 0.317 e. The van der Waals surface area contributed by atoms with Gasteiger partial charge in [-0.3, -0.25) is 0 Å². The highest BCUT2D eigenvalue weighted by Crippen LogP contribution is 2.34. The van der Waals surface area contributed by atoms with Crippen LogP contribution in [0.3, 0.4) is 0 Å². The molecule has 16 atom stereocenters. The molecule has 0 radical (unpaired) electrons. The molecule has 4 N–H and O–H groups in total. The predicted octanol–water partition coefficient (Wildman–Crippen LogP) is 22.0. The Morgan fingerprint density at radius 1 is 0.314 bits per heavy atom. The van der Waals surface area contributed by atoms with Crippen LogP contribution in [0.25, 0.3) is 0 Å². The van der Waals surface area contributed by atoms with Gasteiger partial charge >= 0.3 is 0 Å². The van der Waals surface area contributed by atoms with E-state index in [1.807, 2.05) is 14.1 Å². The van der Waals surface area contributed by atoms with E-state index in [0.717, 1.165) is 89.8 Å². The molecule has 0 aromatic heterocycles. The van der Waals surface area contributed by atoms with E-state index in [2.05, 4.69) is 143 Å². The number of hydrogen-bond donors (Lipinski definition) is 4. The molecule has 0 bridgehead atoms. The molecular weight excluding hydrogens is 1120 g/mol. The van der Waals surface area contributed by atoms with Gasteiger partial charge in [0.15, 0.2) is 0 Å². The van der Waals surface area contributed by atoms with Gasteiger partial charge in [0.2, 0.25) is 0 Å². The molecule has 0 aromatic carbocycles. The number of hydrogen-bond acceptors (Lipinski definition) is 6. The molecule has 9 heteroatoms. The fraction of sp³-hybridized carbons (Fsp3) is 1.00. The summed E-state index contributed by atoms with van der Waals surface area (Å²) in [7, 11) is 16.8. The van der Waals surface area contributed by atoms with Crippen molar-refractivity contribution in [2.45, 2.75) is 378 Å². The zero-order valence-corrected chi connectivity index (χ0v) is 63.6. The van der Waals surface area contributed by atoms with E-state index in [-0.39, 0.29) is 0 Å². The lowest BCUT2D eigenvalue weighted by molar-refractivity contribution is 0.229. The minimum absolute atomic E-state index is 0.389. The molecule has 0 spiro atoms. The van der Waals surface area contributed by atoms with Gasteiger partial charge in [0.1, 0.15) is 0 Å². The van der Waals surface area contributed by atoms with Gasteiger partial charge in [-0.25, -0.2) is 0 Å². The topological polar surface area (TPSA) is 54.6 Å².